The Morgan fingerprint density at radius 2 is 1.76 bits per heavy atom. The summed E-state index contributed by atoms with van der Waals surface area (Å²) in [5.74, 6) is 0. The van der Waals surface area contributed by atoms with Crippen LogP contribution in [0, 0.1) is 0 Å². The van der Waals surface area contributed by atoms with E-state index in [1.165, 1.54) is 5.56 Å². The number of fused-ring (bicyclic) bond motifs is 1. The Bertz CT molecular complexity index is 741. The smallest absolute Gasteiger partial charge is 0.207 e. The highest BCUT2D eigenvalue weighted by molar-refractivity contribution is 9.10. The summed E-state index contributed by atoms with van der Waals surface area (Å²) in [6, 6.07) is 14.6. The average molecular weight is 366 g/mol. The van der Waals surface area contributed by atoms with Crippen LogP contribution in [-0.4, -0.2) is 8.42 Å². The van der Waals surface area contributed by atoms with Crippen LogP contribution < -0.4 is 4.72 Å². The Kier molecular flexibility index (Phi) is 4.15. The quantitative estimate of drug-likeness (QED) is 0.898. The average Bonchev–Trinajstić information content (AvgIpc) is 2.48. The predicted octanol–water partition coefficient (Wildman–Crippen LogP) is 3.81. The van der Waals surface area contributed by atoms with Crippen molar-refractivity contribution in [1.29, 1.82) is 0 Å². The third-order valence-electron chi connectivity index (χ3n) is 3.79. The Morgan fingerprint density at radius 1 is 1.05 bits per heavy atom. The van der Waals surface area contributed by atoms with Gasteiger partial charge in [0, 0.05) is 10.5 Å². The van der Waals surface area contributed by atoms with E-state index in [4.69, 9.17) is 0 Å². The van der Waals surface area contributed by atoms with Gasteiger partial charge in [0.1, 0.15) is 0 Å². The number of benzene rings is 2. The molecule has 1 unspecified atom stereocenters. The third kappa shape index (κ3) is 3.20. The van der Waals surface area contributed by atoms with E-state index in [0.29, 0.717) is 4.90 Å². The predicted molar refractivity (Wildman–Crippen MR) is 86.6 cm³/mol. The maximum atomic E-state index is 12.5. The third-order valence-corrected chi connectivity index (χ3v) is 5.81. The molecule has 0 saturated heterocycles. The van der Waals surface area contributed by atoms with Crippen molar-refractivity contribution in [3.05, 3.63) is 64.1 Å². The highest BCUT2D eigenvalue weighted by atomic mass is 79.9. The van der Waals surface area contributed by atoms with Gasteiger partial charge in [-0.25, -0.2) is 13.1 Å². The van der Waals surface area contributed by atoms with Gasteiger partial charge in [0.05, 0.1) is 4.90 Å². The van der Waals surface area contributed by atoms with Gasteiger partial charge in [0.2, 0.25) is 10.0 Å². The summed E-state index contributed by atoms with van der Waals surface area (Å²) in [6.45, 7) is 0. The van der Waals surface area contributed by atoms with Crippen molar-refractivity contribution in [2.24, 2.45) is 0 Å². The van der Waals surface area contributed by atoms with Gasteiger partial charge in [-0.1, -0.05) is 40.2 Å². The van der Waals surface area contributed by atoms with E-state index >= 15 is 0 Å². The number of aryl methyl sites for hydroxylation is 1. The molecule has 3 nitrogen and oxygen atoms in total. The van der Waals surface area contributed by atoms with Gasteiger partial charge in [-0.15, -0.1) is 0 Å². The molecule has 1 N–H and O–H groups in total. The molecule has 0 fully saturated rings. The molecule has 1 atom stereocenters. The first kappa shape index (κ1) is 14.8. The van der Waals surface area contributed by atoms with Crippen molar-refractivity contribution in [2.45, 2.75) is 30.2 Å². The molecule has 5 heteroatoms. The largest absolute Gasteiger partial charge is 0.241 e. The van der Waals surface area contributed by atoms with Gasteiger partial charge in [0.15, 0.2) is 0 Å². The fourth-order valence-electron chi connectivity index (χ4n) is 2.75. The number of sulfonamides is 1. The first-order chi connectivity index (χ1) is 10.1. The zero-order valence-electron chi connectivity index (χ0n) is 11.4. The zero-order chi connectivity index (χ0) is 14.9. The summed E-state index contributed by atoms with van der Waals surface area (Å²) >= 11 is 3.32. The van der Waals surface area contributed by atoms with Crippen LogP contribution >= 0.6 is 15.9 Å². The van der Waals surface area contributed by atoms with E-state index in [2.05, 4.69) is 26.7 Å². The summed E-state index contributed by atoms with van der Waals surface area (Å²) in [7, 11) is -3.49. The second kappa shape index (κ2) is 5.91. The fraction of sp³-hybridized carbons (Fsp3) is 0.250. The van der Waals surface area contributed by atoms with Crippen molar-refractivity contribution in [1.82, 2.24) is 4.72 Å². The van der Waals surface area contributed by atoms with Crippen LogP contribution in [0.2, 0.25) is 0 Å². The normalized spacial score (nSPS) is 18.2. The monoisotopic (exact) mass is 365 g/mol. The molecule has 0 heterocycles. The van der Waals surface area contributed by atoms with Gasteiger partial charge < -0.3 is 0 Å². The number of rotatable bonds is 3. The standard InChI is InChI=1S/C16H16BrNO2S/c17-13-8-10-14(11-9-13)21(19,20)18-16-7-3-5-12-4-1-2-6-15(12)16/h1-2,4,6,8-11,16,18H,3,5,7H2. The molecule has 0 radical (unpaired) electrons. The summed E-state index contributed by atoms with van der Waals surface area (Å²) < 4.78 is 28.7. The van der Waals surface area contributed by atoms with E-state index in [-0.39, 0.29) is 6.04 Å². The topological polar surface area (TPSA) is 46.2 Å². The van der Waals surface area contributed by atoms with Crippen molar-refractivity contribution >= 4 is 26.0 Å². The van der Waals surface area contributed by atoms with Crippen molar-refractivity contribution in [3.8, 4) is 0 Å². The molecule has 2 aromatic rings. The molecule has 0 bridgehead atoms. The molecule has 0 spiro atoms. The van der Waals surface area contributed by atoms with E-state index in [1.807, 2.05) is 18.2 Å². The second-order valence-corrected chi connectivity index (χ2v) is 7.85. The number of halogens is 1. The highest BCUT2D eigenvalue weighted by Crippen LogP contribution is 2.30. The molecule has 1 aliphatic carbocycles. The first-order valence-electron chi connectivity index (χ1n) is 6.92. The lowest BCUT2D eigenvalue weighted by atomic mass is 9.88. The fourth-order valence-corrected chi connectivity index (χ4v) is 4.26. The minimum absolute atomic E-state index is 0.136. The van der Waals surface area contributed by atoms with Crippen molar-refractivity contribution < 1.29 is 8.42 Å². The van der Waals surface area contributed by atoms with Gasteiger partial charge in [-0.2, -0.15) is 0 Å². The molecule has 0 aromatic heterocycles. The molecular formula is C16H16BrNO2S. The van der Waals surface area contributed by atoms with Gasteiger partial charge in [-0.05, 0) is 54.7 Å². The van der Waals surface area contributed by atoms with Crippen LogP contribution in [0.5, 0.6) is 0 Å². The first-order valence-corrected chi connectivity index (χ1v) is 9.19. The maximum absolute atomic E-state index is 12.5. The summed E-state index contributed by atoms with van der Waals surface area (Å²) in [5, 5.41) is 0. The van der Waals surface area contributed by atoms with Crippen LogP contribution in [0.1, 0.15) is 30.0 Å². The van der Waals surface area contributed by atoms with E-state index < -0.39 is 10.0 Å². The number of hydrogen-bond donors (Lipinski definition) is 1. The molecular weight excluding hydrogens is 350 g/mol. The summed E-state index contributed by atoms with van der Waals surface area (Å²) in [5.41, 5.74) is 2.34. The number of nitrogens with one attached hydrogen (secondary N) is 1. The van der Waals surface area contributed by atoms with Crippen LogP contribution in [0.25, 0.3) is 0 Å². The SMILES string of the molecule is O=S(=O)(NC1CCCc2ccccc21)c1ccc(Br)cc1. The van der Waals surface area contributed by atoms with Crippen LogP contribution in [0.3, 0.4) is 0 Å². The second-order valence-electron chi connectivity index (χ2n) is 5.22. The minimum atomic E-state index is -3.49. The van der Waals surface area contributed by atoms with Crippen molar-refractivity contribution in [2.75, 3.05) is 0 Å². The lowest BCUT2D eigenvalue weighted by Crippen LogP contribution is -2.31. The van der Waals surface area contributed by atoms with Crippen molar-refractivity contribution in [3.63, 3.8) is 0 Å². The Balaban J connectivity index is 1.88. The molecule has 0 aliphatic heterocycles. The molecule has 1 aliphatic rings. The van der Waals surface area contributed by atoms with Gasteiger partial charge in [0.25, 0.3) is 0 Å². The van der Waals surface area contributed by atoms with Crippen LogP contribution in [0.15, 0.2) is 57.9 Å². The Hall–Kier alpha value is -1.17. The molecule has 0 saturated carbocycles. The lowest BCUT2D eigenvalue weighted by molar-refractivity contribution is 0.507. The maximum Gasteiger partial charge on any atom is 0.241 e. The Morgan fingerprint density at radius 3 is 2.52 bits per heavy atom. The molecule has 0 amide bonds. The molecule has 2 aromatic carbocycles. The van der Waals surface area contributed by atoms with Gasteiger partial charge >= 0.3 is 0 Å². The van der Waals surface area contributed by atoms with E-state index in [0.717, 1.165) is 29.3 Å². The summed E-state index contributed by atoms with van der Waals surface area (Å²) in [6.07, 6.45) is 2.87. The van der Waals surface area contributed by atoms with E-state index in [9.17, 15) is 8.42 Å². The molecule has 3 rings (SSSR count). The molecule has 21 heavy (non-hydrogen) atoms. The molecule has 110 valence electrons. The van der Waals surface area contributed by atoms with Crippen LogP contribution in [0.4, 0.5) is 0 Å². The minimum Gasteiger partial charge on any atom is -0.207 e. The Labute approximate surface area is 133 Å². The lowest BCUT2D eigenvalue weighted by Gasteiger charge is -2.26. The summed E-state index contributed by atoms with van der Waals surface area (Å²) in [4.78, 5) is 0.300. The van der Waals surface area contributed by atoms with E-state index in [1.54, 1.807) is 24.3 Å². The van der Waals surface area contributed by atoms with Crippen LogP contribution in [-0.2, 0) is 16.4 Å². The zero-order valence-corrected chi connectivity index (χ0v) is 13.8. The van der Waals surface area contributed by atoms with Gasteiger partial charge in [-0.3, -0.25) is 0 Å². The number of hydrogen-bond acceptors (Lipinski definition) is 2. The highest BCUT2D eigenvalue weighted by Gasteiger charge is 2.25.